The first kappa shape index (κ1) is 21.8. The number of rotatable bonds is 4. The zero-order valence-electron chi connectivity index (χ0n) is 14.3. The monoisotopic (exact) mass is 330 g/mol. The Hall–Kier alpha value is -2.17. The normalized spacial score (nSPS) is 12.2. The van der Waals surface area contributed by atoms with E-state index in [4.69, 9.17) is 0 Å². The van der Waals surface area contributed by atoms with E-state index in [0.29, 0.717) is 5.92 Å². The number of hydrogen-bond donors (Lipinski definition) is 1. The highest BCUT2D eigenvalue weighted by atomic mass is 16.5. The Morgan fingerprint density at radius 1 is 1.00 bits per heavy atom. The zero-order valence-corrected chi connectivity index (χ0v) is 14.3. The van der Waals surface area contributed by atoms with Gasteiger partial charge in [0.05, 0.1) is 6.04 Å². The van der Waals surface area contributed by atoms with Gasteiger partial charge < -0.3 is 10.4 Å². The molecule has 1 N–H and O–H groups in total. The molecule has 0 aromatic heterocycles. The fourth-order valence-electron chi connectivity index (χ4n) is 2.43. The summed E-state index contributed by atoms with van der Waals surface area (Å²) in [7, 11) is 3.16. The standard InChI is InChI=1S/C11H17NO.C8H9NO.CH4/c1-9(2)11(12(3)13)10-7-5-4-6-8-10;1-9(10)7-8-5-3-2-4-6-8;/h4-9,11,13H,1-3H3;2-7H,1H3;1H4/b;9-7+;. The Morgan fingerprint density at radius 2 is 1.46 bits per heavy atom. The molecule has 0 aliphatic heterocycles. The topological polar surface area (TPSA) is 49.5 Å². The van der Waals surface area contributed by atoms with E-state index in [2.05, 4.69) is 13.8 Å². The first-order chi connectivity index (χ1) is 10.9. The van der Waals surface area contributed by atoms with E-state index in [1.807, 2.05) is 60.7 Å². The second kappa shape index (κ2) is 11.4. The molecular formula is C20H30N2O2. The Kier molecular flexibility index (Phi) is 10.3. The fourth-order valence-corrected chi connectivity index (χ4v) is 2.43. The van der Waals surface area contributed by atoms with Crippen LogP contribution >= 0.6 is 0 Å². The molecule has 4 nitrogen and oxygen atoms in total. The lowest BCUT2D eigenvalue weighted by Gasteiger charge is -2.26. The van der Waals surface area contributed by atoms with Crippen LogP contribution in [0.4, 0.5) is 0 Å². The van der Waals surface area contributed by atoms with Gasteiger partial charge in [0, 0.05) is 12.6 Å². The van der Waals surface area contributed by atoms with Crippen molar-refractivity contribution >= 4 is 6.21 Å². The van der Waals surface area contributed by atoms with Crippen LogP contribution in [0.2, 0.25) is 0 Å². The van der Waals surface area contributed by atoms with E-state index in [1.54, 1.807) is 7.05 Å². The minimum absolute atomic E-state index is 0. The summed E-state index contributed by atoms with van der Waals surface area (Å²) in [5.74, 6) is 0.400. The molecule has 0 aliphatic rings. The molecule has 0 saturated heterocycles. The predicted molar refractivity (Wildman–Crippen MR) is 101 cm³/mol. The highest BCUT2D eigenvalue weighted by molar-refractivity contribution is 5.75. The molecule has 24 heavy (non-hydrogen) atoms. The largest absolute Gasteiger partial charge is 0.624 e. The van der Waals surface area contributed by atoms with Crippen LogP contribution in [0.15, 0.2) is 60.7 Å². The van der Waals surface area contributed by atoms with Crippen molar-refractivity contribution < 1.29 is 9.95 Å². The minimum Gasteiger partial charge on any atom is -0.624 e. The highest BCUT2D eigenvalue weighted by Crippen LogP contribution is 2.25. The minimum atomic E-state index is 0. The van der Waals surface area contributed by atoms with Crippen molar-refractivity contribution in [1.29, 1.82) is 0 Å². The summed E-state index contributed by atoms with van der Waals surface area (Å²) in [6.07, 6.45) is 1.53. The van der Waals surface area contributed by atoms with Crippen LogP contribution in [0, 0.1) is 11.1 Å². The van der Waals surface area contributed by atoms with Crippen LogP contribution < -0.4 is 0 Å². The van der Waals surface area contributed by atoms with Crippen molar-refractivity contribution in [2.24, 2.45) is 5.92 Å². The molecule has 132 valence electrons. The average molecular weight is 330 g/mol. The molecule has 0 bridgehead atoms. The SMILES string of the molecule is C.C/[N+]([O-])=C\c1ccccc1.CC(C)C(c1ccccc1)N(C)O. The van der Waals surface area contributed by atoms with Gasteiger partial charge >= 0.3 is 0 Å². The molecule has 4 heteroatoms. The first-order valence-electron chi connectivity index (χ1n) is 7.68. The van der Waals surface area contributed by atoms with Crippen LogP contribution in [-0.4, -0.2) is 35.3 Å². The van der Waals surface area contributed by atoms with Gasteiger partial charge in [0.15, 0.2) is 6.21 Å². The summed E-state index contributed by atoms with van der Waals surface area (Å²) < 4.78 is 0.787. The Bertz CT molecular complexity index is 569. The third-order valence-corrected chi connectivity index (χ3v) is 3.31. The molecule has 0 saturated carbocycles. The summed E-state index contributed by atoms with van der Waals surface area (Å²) in [4.78, 5) is 0. The van der Waals surface area contributed by atoms with Crippen molar-refractivity contribution in [2.75, 3.05) is 14.1 Å². The zero-order chi connectivity index (χ0) is 17.2. The van der Waals surface area contributed by atoms with E-state index in [0.717, 1.165) is 15.9 Å². The summed E-state index contributed by atoms with van der Waals surface area (Å²) in [6, 6.07) is 19.6. The van der Waals surface area contributed by atoms with E-state index < -0.39 is 0 Å². The van der Waals surface area contributed by atoms with Crippen LogP contribution in [-0.2, 0) is 0 Å². The molecule has 1 atom stereocenters. The van der Waals surface area contributed by atoms with Crippen LogP contribution in [0.25, 0.3) is 0 Å². The van der Waals surface area contributed by atoms with E-state index >= 15 is 0 Å². The maximum Gasteiger partial charge on any atom is 0.181 e. The summed E-state index contributed by atoms with van der Waals surface area (Å²) >= 11 is 0. The number of hydrogen-bond acceptors (Lipinski definition) is 3. The first-order valence-corrected chi connectivity index (χ1v) is 7.68. The second-order valence-electron chi connectivity index (χ2n) is 5.76. The van der Waals surface area contributed by atoms with Crippen molar-refractivity contribution in [2.45, 2.75) is 27.3 Å². The van der Waals surface area contributed by atoms with Gasteiger partial charge in [-0.15, -0.1) is 0 Å². The van der Waals surface area contributed by atoms with Crippen molar-refractivity contribution in [3.8, 4) is 0 Å². The Labute approximate surface area is 146 Å². The van der Waals surface area contributed by atoms with E-state index in [-0.39, 0.29) is 13.5 Å². The third kappa shape index (κ3) is 7.90. The summed E-state index contributed by atoms with van der Waals surface area (Å²) in [6.45, 7) is 4.20. The molecule has 0 aliphatic carbocycles. The van der Waals surface area contributed by atoms with Gasteiger partial charge in [-0.25, -0.2) is 4.74 Å². The second-order valence-corrected chi connectivity index (χ2v) is 5.76. The molecule has 0 heterocycles. The summed E-state index contributed by atoms with van der Waals surface area (Å²) in [5, 5.41) is 21.2. The van der Waals surface area contributed by atoms with E-state index in [1.165, 1.54) is 18.3 Å². The van der Waals surface area contributed by atoms with Crippen LogP contribution in [0.1, 0.15) is 38.4 Å². The fraction of sp³-hybridized carbons (Fsp3) is 0.350. The highest BCUT2D eigenvalue weighted by Gasteiger charge is 2.18. The van der Waals surface area contributed by atoms with Crippen molar-refractivity contribution in [1.82, 2.24) is 5.06 Å². The maximum atomic E-state index is 10.5. The lowest BCUT2D eigenvalue weighted by atomic mass is 9.96. The summed E-state index contributed by atoms with van der Waals surface area (Å²) in [5.41, 5.74) is 2.09. The van der Waals surface area contributed by atoms with Gasteiger partial charge in [-0.05, 0) is 23.6 Å². The smallest absolute Gasteiger partial charge is 0.181 e. The third-order valence-electron chi connectivity index (χ3n) is 3.31. The van der Waals surface area contributed by atoms with Crippen LogP contribution in [0.3, 0.4) is 0 Å². The molecule has 0 amide bonds. The number of benzene rings is 2. The van der Waals surface area contributed by atoms with Gasteiger partial charge in [0.25, 0.3) is 0 Å². The van der Waals surface area contributed by atoms with Crippen molar-refractivity contribution in [3.63, 3.8) is 0 Å². The molecule has 0 fully saturated rings. The van der Waals surface area contributed by atoms with Gasteiger partial charge in [0.1, 0.15) is 7.05 Å². The molecule has 0 radical (unpaired) electrons. The number of hydroxylamine groups is 3. The Balaban J connectivity index is 0.000000436. The lowest BCUT2D eigenvalue weighted by molar-refractivity contribution is -0.416. The van der Waals surface area contributed by atoms with Crippen LogP contribution in [0.5, 0.6) is 0 Å². The number of nitrogens with zero attached hydrogens (tertiary/aromatic N) is 2. The quantitative estimate of drug-likeness (QED) is 0.386. The molecule has 2 aromatic carbocycles. The molecule has 1 unspecified atom stereocenters. The lowest BCUT2D eigenvalue weighted by Crippen LogP contribution is -2.25. The van der Waals surface area contributed by atoms with Gasteiger partial charge in [-0.3, -0.25) is 0 Å². The van der Waals surface area contributed by atoms with Gasteiger partial charge in [-0.2, -0.15) is 5.06 Å². The molecule has 2 rings (SSSR count). The molecule has 0 spiro atoms. The average Bonchev–Trinajstić information content (AvgIpc) is 2.48. The maximum absolute atomic E-state index is 10.5. The van der Waals surface area contributed by atoms with E-state index in [9.17, 15) is 10.4 Å². The predicted octanol–water partition coefficient (Wildman–Crippen LogP) is 4.59. The van der Waals surface area contributed by atoms with Gasteiger partial charge in [-0.1, -0.05) is 69.8 Å². The molecular weight excluding hydrogens is 300 g/mol. The Morgan fingerprint density at radius 3 is 1.83 bits per heavy atom. The molecule has 2 aromatic rings. The van der Waals surface area contributed by atoms with Crippen molar-refractivity contribution in [3.05, 3.63) is 77.0 Å². The van der Waals surface area contributed by atoms with Gasteiger partial charge in [0.2, 0.25) is 0 Å².